The van der Waals surface area contributed by atoms with Crippen LogP contribution in [0.25, 0.3) is 203 Å². The lowest BCUT2D eigenvalue weighted by molar-refractivity contribution is -0.384. The number of aldehydes is 1. The van der Waals surface area contributed by atoms with Gasteiger partial charge in [-0.3, -0.25) is 55.0 Å². The summed E-state index contributed by atoms with van der Waals surface area (Å²) in [7, 11) is 0. The molecule has 9 aromatic carbocycles. The lowest BCUT2D eigenvalue weighted by Gasteiger charge is -2.05. The zero-order chi connectivity index (χ0) is 91.9. The average Bonchev–Trinajstić information content (AvgIpc) is 1.62. The monoisotopic (exact) mass is 1790 g/mol. The predicted molar refractivity (Wildman–Crippen MR) is 551 cm³/mol. The molecule has 0 atom stereocenters. The number of aromatic amines is 7. The summed E-state index contributed by atoms with van der Waals surface area (Å²) in [4.78, 5) is 83.3. The van der Waals surface area contributed by atoms with Crippen molar-refractivity contribution in [3.05, 3.63) is 402 Å². The smallest absolute Gasteiger partial charge is 0.270 e. The number of non-ortho nitro benzene ring substituents is 1. The molecule has 0 aliphatic heterocycles. The van der Waals surface area contributed by atoms with E-state index < -0.39 is 4.92 Å². The van der Waals surface area contributed by atoms with E-state index in [-0.39, 0.29) is 5.69 Å². The second kappa shape index (κ2) is 38.4. The van der Waals surface area contributed by atoms with E-state index in [0.29, 0.717) is 27.2 Å². The number of pyridine rings is 9. The highest BCUT2D eigenvalue weighted by Crippen LogP contribution is 2.41. The van der Waals surface area contributed by atoms with Crippen molar-refractivity contribution in [2.75, 3.05) is 0 Å². The number of benzene rings is 9. The third-order valence-electron chi connectivity index (χ3n) is 23.7. The first-order valence-corrected chi connectivity index (χ1v) is 44.6. The Morgan fingerprint density at radius 3 is 1.22 bits per heavy atom. The van der Waals surface area contributed by atoms with Gasteiger partial charge in [-0.1, -0.05) is 195 Å². The zero-order valence-corrected chi connectivity index (χ0v) is 75.3. The van der Waals surface area contributed by atoms with E-state index in [9.17, 15) is 10.1 Å². The van der Waals surface area contributed by atoms with Crippen molar-refractivity contribution in [3.8, 4) is 45.0 Å². The molecule has 20 nitrogen and oxygen atoms in total. The van der Waals surface area contributed by atoms with Crippen LogP contribution in [0.3, 0.4) is 0 Å². The fraction of sp³-hybridized carbons (Fsp3) is 0.0714. The molecule has 652 valence electrons. The van der Waals surface area contributed by atoms with Crippen LogP contribution in [0.5, 0.6) is 0 Å². The maximum atomic E-state index is 11.0. The molecule has 25 aromatic rings. The van der Waals surface area contributed by atoms with E-state index >= 15 is 0 Å². The lowest BCUT2D eigenvalue weighted by atomic mass is 10.1. The number of allylic oxidation sites excluding steroid dienone is 4. The molecule has 0 bridgehead atoms. The van der Waals surface area contributed by atoms with E-state index in [1.54, 1.807) is 18.6 Å². The first-order chi connectivity index (χ1) is 65.6. The van der Waals surface area contributed by atoms with Crippen LogP contribution in [0, 0.1) is 30.9 Å². The molecule has 7 N–H and O–H groups in total. The number of nitrogens with one attached hydrogen (secondary N) is 7. The minimum atomic E-state index is -0.439. The Hall–Kier alpha value is -16.9. The molecule has 134 heavy (non-hydrogen) atoms. The summed E-state index contributed by atoms with van der Waals surface area (Å²) < 4.78 is 0. The maximum Gasteiger partial charge on any atom is 0.270 e. The number of halogens is 2. The Morgan fingerprint density at radius 1 is 0.358 bits per heavy atom. The largest absolute Gasteiger partial charge is 0.353 e. The van der Waals surface area contributed by atoms with Gasteiger partial charge in [-0.2, -0.15) is 0 Å². The third-order valence-corrected chi connectivity index (χ3v) is 24.3. The van der Waals surface area contributed by atoms with E-state index in [1.165, 1.54) is 123 Å². The van der Waals surface area contributed by atoms with Gasteiger partial charge >= 0.3 is 0 Å². The number of fused-ring (bicyclic) bond motifs is 21. The average molecular weight is 1790 g/mol. The summed E-state index contributed by atoms with van der Waals surface area (Å²) in [5.74, 6) is 0.441. The van der Waals surface area contributed by atoms with Crippen molar-refractivity contribution in [2.45, 2.75) is 53.9 Å². The molecule has 1 aliphatic rings. The van der Waals surface area contributed by atoms with Gasteiger partial charge in [-0.05, 0) is 172 Å². The van der Waals surface area contributed by atoms with Crippen LogP contribution in [0.1, 0.15) is 61.4 Å². The topological polar surface area (TPSA) is 287 Å². The summed E-state index contributed by atoms with van der Waals surface area (Å²) in [6, 6.07) is 90.6. The Morgan fingerprint density at radius 2 is 0.746 bits per heavy atom. The fourth-order valence-electron chi connectivity index (χ4n) is 17.5. The van der Waals surface area contributed by atoms with Crippen LogP contribution in [-0.2, 0) is 4.79 Å². The summed E-state index contributed by atoms with van der Waals surface area (Å²) in [6.07, 6.45) is 26.6. The molecule has 0 saturated heterocycles. The van der Waals surface area contributed by atoms with Gasteiger partial charge in [0.2, 0.25) is 0 Å². The Kier molecular flexibility index (Phi) is 24.8. The van der Waals surface area contributed by atoms with Gasteiger partial charge in [0.1, 0.15) is 6.29 Å². The van der Waals surface area contributed by atoms with Crippen molar-refractivity contribution >= 4 is 193 Å². The molecule has 22 heteroatoms. The van der Waals surface area contributed by atoms with Crippen LogP contribution in [0.15, 0.2) is 353 Å². The van der Waals surface area contributed by atoms with Crippen molar-refractivity contribution < 1.29 is 9.72 Å². The number of aryl methyl sites for hydroxylation is 3. The first kappa shape index (κ1) is 86.4. The number of hydrogen-bond acceptors (Lipinski definition) is 12. The third kappa shape index (κ3) is 17.4. The Balaban J connectivity index is 0.000000100. The highest BCUT2D eigenvalue weighted by atomic mass is 35.5. The number of H-pyrrole nitrogens is 7. The minimum absolute atomic E-state index is 0.0145. The Labute approximate surface area is 778 Å². The second-order valence-electron chi connectivity index (χ2n) is 32.6. The van der Waals surface area contributed by atoms with E-state index in [4.69, 9.17) is 33.0 Å². The molecule has 0 saturated carbocycles. The van der Waals surface area contributed by atoms with Crippen molar-refractivity contribution in [3.63, 3.8) is 0 Å². The van der Waals surface area contributed by atoms with Gasteiger partial charge in [0.25, 0.3) is 5.69 Å². The number of nitro groups is 1. The van der Waals surface area contributed by atoms with Crippen LogP contribution in [-0.4, -0.2) is 91.0 Å². The number of nitro benzene ring substituents is 1. The van der Waals surface area contributed by atoms with Crippen LogP contribution in [0.4, 0.5) is 5.69 Å². The van der Waals surface area contributed by atoms with Gasteiger partial charge in [-0.15, -0.1) is 0 Å². The normalized spacial score (nSPS) is 11.6. The molecule has 0 amide bonds. The fourth-order valence-corrected chi connectivity index (χ4v) is 18.0. The van der Waals surface area contributed by atoms with Crippen molar-refractivity contribution in [1.82, 2.24) is 79.7 Å². The number of rotatable bonds is 7. The summed E-state index contributed by atoms with van der Waals surface area (Å²) in [6.45, 7) is 12.0. The van der Waals surface area contributed by atoms with Gasteiger partial charge in [0.05, 0.1) is 93.4 Å². The van der Waals surface area contributed by atoms with Gasteiger partial charge < -0.3 is 39.7 Å². The number of aromatic nitrogens is 16. The molecular formula is C112H87Cl2N17O3. The molecule has 0 unspecified atom stereocenters. The minimum Gasteiger partial charge on any atom is -0.353 e. The lowest BCUT2D eigenvalue weighted by Crippen LogP contribution is -1.92. The molecular weight excluding hydrogens is 1700 g/mol. The SMILES string of the molecule is C1=CC(c2nccc3c2[nH]c2ccccc23)=CC1.CC(C)c1nccc2c1[nH]c1ccccc12.CC=O.Cc1cc2c([nH]c3ccccc32)c(-c2cccnc2)n1.Cc1ccc2c(c1)[nH]c1c(C)nccc12.Clc1ccccc1-c1nccc2c1[nH]c1ccccc12.O=[N+]([O-])c1ccc(Cl)c(-c2nccc3c2[nH]c2ccccc23)c1.c1cncc(-c2nccc3c2[nH]c2ccccc23)c1. The van der Waals surface area contributed by atoms with Gasteiger partial charge in [0, 0.05) is 216 Å². The summed E-state index contributed by atoms with van der Waals surface area (Å²) in [5, 5.41) is 29.1. The van der Waals surface area contributed by atoms with Crippen LogP contribution < -0.4 is 0 Å². The van der Waals surface area contributed by atoms with Crippen molar-refractivity contribution in [1.29, 1.82) is 0 Å². The molecule has 1 aliphatic carbocycles. The Bertz CT molecular complexity index is 8770. The van der Waals surface area contributed by atoms with Crippen molar-refractivity contribution in [2.24, 2.45) is 0 Å². The predicted octanol–water partition coefficient (Wildman–Crippen LogP) is 29.3. The summed E-state index contributed by atoms with van der Waals surface area (Å²) >= 11 is 12.6. The highest BCUT2D eigenvalue weighted by molar-refractivity contribution is 6.34. The van der Waals surface area contributed by atoms with Gasteiger partial charge in [-0.25, -0.2) is 0 Å². The number of para-hydroxylation sites is 6. The standard InChI is InChI=1S/C17H10ClN3O2.C17H11ClN2.C17H13N3.C16H11N3.C16H12N2.C14H14N2.C13H12N2.C2H4O/c18-14-6-5-10(21(22)23)9-13(14)16-17-12(7-8-19-16)11-3-1-2-4-15(11)20-17;18-14-7-3-1-6-13(14)16-17-12(9-10-19-16)11-5-2-4-8-15(11)20-17;1-11-9-14-13-6-2-3-7-15(13)20-17(14)16(19-11)12-5-4-8-18-10-12;1-2-6-14-12(5-1)13-7-9-18-15(16(13)19-14)11-4-3-8-17-10-11;1-2-6-11(5-1)15-16-13(9-10-17-15)12-7-3-4-8-14(12)18-16;1-9(2)13-14-11(7-8-15-13)10-5-3-4-6-12(10)16-14;1-8-3-4-10-11-5-6-14-9(2)13(11)15-12(10)7-8;1-2-3/h1-9,20H;1-10,20H;2-10,20H,1H3;1-10,19H;1,3-10,18H,2H2;3-9,16H,1-2H3;3-7,15H,1-2H3;2H,1H3. The molecule has 0 fully saturated rings. The second-order valence-corrected chi connectivity index (χ2v) is 33.4. The number of hydrogen-bond donors (Lipinski definition) is 7. The van der Waals surface area contributed by atoms with E-state index in [0.717, 1.165) is 135 Å². The molecule has 0 radical (unpaired) electrons. The molecule has 26 rings (SSSR count). The number of carbonyl (C=O) groups is 1. The van der Waals surface area contributed by atoms with Crippen LogP contribution in [0.2, 0.25) is 10.0 Å². The number of carbonyl (C=O) groups excluding carboxylic acids is 1. The van der Waals surface area contributed by atoms with E-state index in [2.05, 4.69) is 253 Å². The molecule has 16 aromatic heterocycles. The molecule has 0 spiro atoms. The van der Waals surface area contributed by atoms with E-state index in [1.807, 2.05) is 172 Å². The number of nitrogens with zero attached hydrogens (tertiary/aromatic N) is 10. The molecule has 16 heterocycles. The quantitative estimate of drug-likeness (QED) is 0.0445. The zero-order valence-electron chi connectivity index (χ0n) is 73.8. The first-order valence-electron chi connectivity index (χ1n) is 43.9. The maximum absolute atomic E-state index is 11.0. The highest BCUT2D eigenvalue weighted by Gasteiger charge is 2.21. The van der Waals surface area contributed by atoms with Gasteiger partial charge in [0.15, 0.2) is 0 Å². The van der Waals surface area contributed by atoms with Crippen LogP contribution >= 0.6 is 23.2 Å². The summed E-state index contributed by atoms with van der Waals surface area (Å²) in [5.41, 5.74) is 29.1.